The van der Waals surface area contributed by atoms with E-state index >= 15 is 0 Å². The lowest BCUT2D eigenvalue weighted by molar-refractivity contribution is -0.135. The summed E-state index contributed by atoms with van der Waals surface area (Å²) in [6.45, 7) is 4.91. The highest BCUT2D eigenvalue weighted by atomic mass is 16.5. The van der Waals surface area contributed by atoms with Crippen molar-refractivity contribution < 1.29 is 19.4 Å². The predicted molar refractivity (Wildman–Crippen MR) is 184 cm³/mol. The zero-order valence-electron chi connectivity index (χ0n) is 27.4. The SMILES string of the molecule is COC(=O)N[C@H](C(=O)N1C[C@@H](O)C[C@H]1c1ncc(-c2ccc(-c3ccc4cc(-c5cnc([C@@H]6CCCN6)[nH]5)ccc4c3)cc2)[nH]1)C(C)C. The average molecular weight is 648 g/mol. The van der Waals surface area contributed by atoms with E-state index in [1.807, 2.05) is 20.0 Å². The van der Waals surface area contributed by atoms with Crippen molar-refractivity contribution in [2.75, 3.05) is 20.2 Å². The van der Waals surface area contributed by atoms with Crippen molar-refractivity contribution in [3.05, 3.63) is 84.7 Å². The van der Waals surface area contributed by atoms with E-state index in [2.05, 4.69) is 91.2 Å². The molecular formula is C37H41N7O4. The zero-order chi connectivity index (χ0) is 33.4. The second kappa shape index (κ2) is 13.2. The van der Waals surface area contributed by atoms with Gasteiger partial charge in [0.1, 0.15) is 17.7 Å². The maximum absolute atomic E-state index is 13.5. The van der Waals surface area contributed by atoms with Crippen LogP contribution < -0.4 is 10.6 Å². The van der Waals surface area contributed by atoms with Crippen molar-refractivity contribution in [2.45, 2.75) is 57.3 Å². The van der Waals surface area contributed by atoms with Crippen LogP contribution in [0.3, 0.4) is 0 Å². The van der Waals surface area contributed by atoms with E-state index in [0.29, 0.717) is 18.3 Å². The molecule has 5 N–H and O–H groups in total. The van der Waals surface area contributed by atoms with Crippen LogP contribution >= 0.6 is 0 Å². The summed E-state index contributed by atoms with van der Waals surface area (Å²) in [6, 6.07) is 20.4. The van der Waals surface area contributed by atoms with Gasteiger partial charge in [-0.1, -0.05) is 62.4 Å². The number of aliphatic hydroxyl groups is 1. The Morgan fingerprint density at radius 1 is 0.896 bits per heavy atom. The summed E-state index contributed by atoms with van der Waals surface area (Å²) < 4.78 is 4.72. The number of ether oxygens (including phenoxy) is 1. The van der Waals surface area contributed by atoms with Gasteiger partial charge < -0.3 is 35.3 Å². The average Bonchev–Trinajstić information content (AvgIpc) is 3.93. The van der Waals surface area contributed by atoms with Crippen molar-refractivity contribution in [3.8, 4) is 33.6 Å². The zero-order valence-corrected chi connectivity index (χ0v) is 27.4. The fourth-order valence-electron chi connectivity index (χ4n) is 6.86. The lowest BCUT2D eigenvalue weighted by Crippen LogP contribution is -2.51. The molecule has 4 atom stereocenters. The van der Waals surface area contributed by atoms with Crippen molar-refractivity contribution >= 4 is 22.8 Å². The van der Waals surface area contributed by atoms with Gasteiger partial charge in [0.15, 0.2) is 0 Å². The lowest BCUT2D eigenvalue weighted by Gasteiger charge is -2.29. The normalized spacial score (nSPS) is 20.0. The first-order valence-corrected chi connectivity index (χ1v) is 16.6. The predicted octanol–water partition coefficient (Wildman–Crippen LogP) is 5.73. The molecule has 2 saturated heterocycles. The van der Waals surface area contributed by atoms with Crippen LogP contribution in [0.4, 0.5) is 4.79 Å². The number of alkyl carbamates (subject to hydrolysis) is 1. The number of imidazole rings is 2. The third-order valence-corrected chi connectivity index (χ3v) is 9.53. The van der Waals surface area contributed by atoms with Crippen LogP contribution in [0.2, 0.25) is 0 Å². The number of hydrogen-bond acceptors (Lipinski definition) is 7. The van der Waals surface area contributed by atoms with Gasteiger partial charge in [-0.25, -0.2) is 14.8 Å². The number of β-amino-alcohol motifs (C(OH)–C–C–N with tert-alkyl or cyclic N) is 1. The van der Waals surface area contributed by atoms with Gasteiger partial charge in [0.25, 0.3) is 0 Å². The molecule has 0 aliphatic carbocycles. The number of likely N-dealkylation sites (tertiary alicyclic amines) is 1. The summed E-state index contributed by atoms with van der Waals surface area (Å²) in [5, 5.41) is 19.0. The molecule has 0 saturated carbocycles. The fourth-order valence-corrected chi connectivity index (χ4v) is 6.86. The molecule has 0 bridgehead atoms. The summed E-state index contributed by atoms with van der Waals surface area (Å²) in [6.07, 6.45) is 4.96. The minimum atomic E-state index is -0.784. The van der Waals surface area contributed by atoms with Crippen LogP contribution in [-0.2, 0) is 9.53 Å². The molecule has 2 fully saturated rings. The number of aliphatic hydroxyl groups excluding tert-OH is 1. The summed E-state index contributed by atoms with van der Waals surface area (Å²) in [5.74, 6) is 1.15. The van der Waals surface area contributed by atoms with Gasteiger partial charge in [-0.15, -0.1) is 0 Å². The molecule has 2 amide bonds. The molecule has 0 radical (unpaired) electrons. The number of fused-ring (bicyclic) bond motifs is 1. The molecule has 48 heavy (non-hydrogen) atoms. The highest BCUT2D eigenvalue weighted by Crippen LogP contribution is 2.34. The number of aromatic nitrogens is 4. The van der Waals surface area contributed by atoms with Crippen LogP contribution in [0.1, 0.15) is 56.8 Å². The van der Waals surface area contributed by atoms with E-state index in [0.717, 1.165) is 57.8 Å². The van der Waals surface area contributed by atoms with Gasteiger partial charge in [0.05, 0.1) is 49.1 Å². The number of aromatic amines is 2. The van der Waals surface area contributed by atoms with E-state index in [4.69, 9.17) is 4.74 Å². The minimum Gasteiger partial charge on any atom is -0.453 e. The number of hydrogen-bond donors (Lipinski definition) is 5. The number of nitrogens with one attached hydrogen (secondary N) is 4. The molecule has 3 aromatic carbocycles. The van der Waals surface area contributed by atoms with Gasteiger partial charge in [-0.05, 0) is 64.9 Å². The van der Waals surface area contributed by atoms with Gasteiger partial charge in [-0.2, -0.15) is 0 Å². The quantitative estimate of drug-likeness (QED) is 0.145. The van der Waals surface area contributed by atoms with Gasteiger partial charge in [0, 0.05) is 18.5 Å². The molecule has 11 heteroatoms. The Morgan fingerprint density at radius 2 is 1.52 bits per heavy atom. The number of H-pyrrole nitrogens is 2. The third kappa shape index (κ3) is 6.31. The van der Waals surface area contributed by atoms with Crippen LogP contribution in [0.5, 0.6) is 0 Å². The first-order chi connectivity index (χ1) is 23.3. The molecule has 4 heterocycles. The summed E-state index contributed by atoms with van der Waals surface area (Å²) in [7, 11) is 1.26. The lowest BCUT2D eigenvalue weighted by atomic mass is 9.98. The first kappa shape index (κ1) is 31.6. The Labute approximate surface area is 279 Å². The molecule has 0 unspecified atom stereocenters. The van der Waals surface area contributed by atoms with Crippen molar-refractivity contribution in [2.24, 2.45) is 5.92 Å². The number of nitrogens with zero attached hydrogens (tertiary/aromatic N) is 3. The molecule has 2 aromatic heterocycles. The number of benzene rings is 3. The number of carbonyl (C=O) groups is 2. The highest BCUT2D eigenvalue weighted by molar-refractivity contribution is 5.90. The Hall–Kier alpha value is -5.00. The Morgan fingerprint density at radius 3 is 2.21 bits per heavy atom. The van der Waals surface area contributed by atoms with E-state index in [1.54, 1.807) is 11.1 Å². The number of amides is 2. The monoisotopic (exact) mass is 647 g/mol. The fraction of sp³-hybridized carbons (Fsp3) is 0.351. The standard InChI is InChI=1S/C37H41N7O4/c1-21(2)33(43-37(47)48-3)36(46)44-20-28(45)17-32(44)35-40-18-30(42-35)23-8-6-22(7-9-23)24-10-11-26-16-27(13-12-25(26)15-24)31-19-39-34(41-31)29-5-4-14-38-29/h6-13,15-16,18-19,21,28-29,32-33,38,45H,4-5,14,17,20H2,1-3H3,(H,39,41)(H,40,42)(H,43,47)/t28-,29-,32-,33-/m0/s1. The van der Waals surface area contributed by atoms with E-state index in [1.165, 1.54) is 18.9 Å². The van der Waals surface area contributed by atoms with E-state index in [9.17, 15) is 14.7 Å². The summed E-state index contributed by atoms with van der Waals surface area (Å²) in [4.78, 5) is 43.2. The summed E-state index contributed by atoms with van der Waals surface area (Å²) >= 11 is 0. The third-order valence-electron chi connectivity index (χ3n) is 9.53. The number of rotatable bonds is 8. The minimum absolute atomic E-state index is 0.162. The molecule has 2 aliphatic heterocycles. The highest BCUT2D eigenvalue weighted by Gasteiger charge is 2.41. The smallest absolute Gasteiger partial charge is 0.407 e. The Kier molecular flexibility index (Phi) is 8.72. The molecule has 11 nitrogen and oxygen atoms in total. The van der Waals surface area contributed by atoms with Crippen LogP contribution in [0.15, 0.2) is 73.1 Å². The van der Waals surface area contributed by atoms with Gasteiger partial charge in [-0.3, -0.25) is 4.79 Å². The van der Waals surface area contributed by atoms with Crippen molar-refractivity contribution in [1.29, 1.82) is 0 Å². The molecule has 2 aliphatic rings. The first-order valence-electron chi connectivity index (χ1n) is 16.6. The summed E-state index contributed by atoms with van der Waals surface area (Å²) in [5.41, 5.74) is 6.14. The molecule has 7 rings (SSSR count). The van der Waals surface area contributed by atoms with Gasteiger partial charge in [0.2, 0.25) is 5.91 Å². The van der Waals surface area contributed by atoms with Crippen LogP contribution in [-0.4, -0.2) is 74.3 Å². The molecule has 0 spiro atoms. The Balaban J connectivity index is 1.06. The van der Waals surface area contributed by atoms with Crippen molar-refractivity contribution in [3.63, 3.8) is 0 Å². The molecular weight excluding hydrogens is 606 g/mol. The molecule has 5 aromatic rings. The van der Waals surface area contributed by atoms with Crippen molar-refractivity contribution in [1.82, 2.24) is 35.5 Å². The van der Waals surface area contributed by atoms with Gasteiger partial charge >= 0.3 is 6.09 Å². The van der Waals surface area contributed by atoms with Crippen LogP contribution in [0, 0.1) is 5.92 Å². The topological polar surface area (TPSA) is 148 Å². The largest absolute Gasteiger partial charge is 0.453 e. The Bertz CT molecular complexity index is 1930. The number of carbonyl (C=O) groups excluding carboxylic acids is 2. The number of methoxy groups -OCH3 is 1. The molecule has 248 valence electrons. The van der Waals surface area contributed by atoms with E-state index < -0.39 is 24.3 Å². The van der Waals surface area contributed by atoms with E-state index in [-0.39, 0.29) is 18.4 Å². The maximum Gasteiger partial charge on any atom is 0.407 e. The van der Waals surface area contributed by atoms with Crippen LogP contribution in [0.25, 0.3) is 44.4 Å². The maximum atomic E-state index is 13.5. The second-order valence-electron chi connectivity index (χ2n) is 13.1. The second-order valence-corrected chi connectivity index (χ2v) is 13.1.